The quantitative estimate of drug-likeness (QED) is 0.512. The Hall–Kier alpha value is -2.60. The van der Waals surface area contributed by atoms with Gasteiger partial charge in [0.25, 0.3) is 0 Å². The molecule has 1 heterocycles. The maximum absolute atomic E-state index is 5.96. The molecule has 0 radical (unpaired) electrons. The van der Waals surface area contributed by atoms with Crippen LogP contribution in [0.4, 0.5) is 5.69 Å². The Kier molecular flexibility index (Phi) is 8.08. The number of rotatable bonds is 7. The zero-order chi connectivity index (χ0) is 21.3. The predicted octanol–water partition coefficient (Wildman–Crippen LogP) is 4.08. The van der Waals surface area contributed by atoms with Crippen molar-refractivity contribution in [1.82, 2.24) is 10.6 Å². The van der Waals surface area contributed by atoms with Crippen molar-refractivity contribution in [1.29, 1.82) is 0 Å². The Morgan fingerprint density at radius 1 is 1.07 bits per heavy atom. The van der Waals surface area contributed by atoms with Gasteiger partial charge in [-0.1, -0.05) is 23.7 Å². The average Bonchev–Trinajstić information content (AvgIpc) is 2.78. The van der Waals surface area contributed by atoms with Crippen molar-refractivity contribution < 1.29 is 9.47 Å². The molecule has 0 saturated carbocycles. The van der Waals surface area contributed by atoms with Crippen LogP contribution in [-0.2, 0) is 6.54 Å². The van der Waals surface area contributed by atoms with Crippen LogP contribution in [-0.4, -0.2) is 45.9 Å². The lowest BCUT2D eigenvalue weighted by molar-refractivity contribution is 0.393. The van der Waals surface area contributed by atoms with Crippen LogP contribution < -0.4 is 25.0 Å². The summed E-state index contributed by atoms with van der Waals surface area (Å²) in [6, 6.07) is 14.2. The van der Waals surface area contributed by atoms with Gasteiger partial charge in [-0.3, -0.25) is 0 Å². The number of methoxy groups -OCH3 is 2. The number of nitrogens with zero attached hydrogens (tertiary/aromatic N) is 2. The molecule has 0 bridgehead atoms. The third-order valence-electron chi connectivity index (χ3n) is 5.21. The van der Waals surface area contributed by atoms with Gasteiger partial charge in [0.05, 0.1) is 20.8 Å². The summed E-state index contributed by atoms with van der Waals surface area (Å²) in [6.07, 6.45) is 2.07. The largest absolute Gasteiger partial charge is 0.497 e. The maximum atomic E-state index is 5.96. The van der Waals surface area contributed by atoms with E-state index in [9.17, 15) is 0 Å². The molecule has 162 valence electrons. The fourth-order valence-corrected chi connectivity index (χ4v) is 3.66. The minimum Gasteiger partial charge on any atom is -0.497 e. The molecule has 2 aromatic carbocycles. The lowest BCUT2D eigenvalue weighted by Gasteiger charge is -2.34. The molecular weight excluding hydrogens is 400 g/mol. The number of benzene rings is 2. The third kappa shape index (κ3) is 6.20. The smallest absolute Gasteiger partial charge is 0.191 e. The van der Waals surface area contributed by atoms with E-state index in [1.165, 1.54) is 0 Å². The van der Waals surface area contributed by atoms with Gasteiger partial charge in [0.15, 0.2) is 5.96 Å². The first kappa shape index (κ1) is 22.1. The Balaban J connectivity index is 1.58. The summed E-state index contributed by atoms with van der Waals surface area (Å²) in [4.78, 5) is 7.11. The highest BCUT2D eigenvalue weighted by atomic mass is 35.5. The molecule has 30 heavy (non-hydrogen) atoms. The van der Waals surface area contributed by atoms with E-state index in [0.717, 1.165) is 66.2 Å². The van der Waals surface area contributed by atoms with Crippen LogP contribution in [0.1, 0.15) is 25.3 Å². The first-order chi connectivity index (χ1) is 14.6. The van der Waals surface area contributed by atoms with Crippen LogP contribution in [0.15, 0.2) is 47.5 Å². The minimum atomic E-state index is 0.386. The monoisotopic (exact) mass is 430 g/mol. The number of anilines is 1. The number of hydrogen-bond acceptors (Lipinski definition) is 4. The maximum Gasteiger partial charge on any atom is 0.191 e. The lowest BCUT2D eigenvalue weighted by atomic mass is 10.0. The number of hydrogen-bond donors (Lipinski definition) is 2. The molecule has 1 fully saturated rings. The molecule has 2 N–H and O–H groups in total. The van der Waals surface area contributed by atoms with Crippen molar-refractivity contribution in [3.05, 3.63) is 53.1 Å². The van der Waals surface area contributed by atoms with Gasteiger partial charge in [0, 0.05) is 54.6 Å². The number of halogens is 1. The number of ether oxygens (including phenoxy) is 2. The van der Waals surface area contributed by atoms with E-state index in [0.29, 0.717) is 12.6 Å². The van der Waals surface area contributed by atoms with Crippen LogP contribution in [0.2, 0.25) is 5.02 Å². The zero-order valence-corrected chi connectivity index (χ0v) is 18.7. The molecule has 1 saturated heterocycles. The summed E-state index contributed by atoms with van der Waals surface area (Å²) in [5.74, 6) is 2.48. The van der Waals surface area contributed by atoms with Crippen molar-refractivity contribution in [2.75, 3.05) is 38.8 Å². The molecule has 0 spiro atoms. The van der Waals surface area contributed by atoms with Gasteiger partial charge in [0.1, 0.15) is 11.5 Å². The number of nitrogens with one attached hydrogen (secondary N) is 2. The van der Waals surface area contributed by atoms with E-state index < -0.39 is 0 Å². The fourth-order valence-electron chi connectivity index (χ4n) is 3.53. The van der Waals surface area contributed by atoms with Crippen molar-refractivity contribution in [2.24, 2.45) is 4.99 Å². The van der Waals surface area contributed by atoms with Crippen molar-refractivity contribution >= 4 is 23.2 Å². The Bertz CT molecular complexity index is 811. The summed E-state index contributed by atoms with van der Waals surface area (Å²) in [7, 11) is 3.36. The highest BCUT2D eigenvalue weighted by Crippen LogP contribution is 2.30. The molecule has 2 aromatic rings. The van der Waals surface area contributed by atoms with E-state index in [4.69, 9.17) is 26.1 Å². The SMILES string of the molecule is CCNC(=NCc1ccc(Cl)cc1)NC1CCN(c2cc(OC)cc(OC)c2)CC1. The van der Waals surface area contributed by atoms with Gasteiger partial charge in [-0.2, -0.15) is 0 Å². The van der Waals surface area contributed by atoms with Gasteiger partial charge in [-0.25, -0.2) is 4.99 Å². The van der Waals surface area contributed by atoms with Crippen molar-refractivity contribution in [3.8, 4) is 11.5 Å². The summed E-state index contributed by atoms with van der Waals surface area (Å²) < 4.78 is 10.8. The van der Waals surface area contributed by atoms with Crippen molar-refractivity contribution in [3.63, 3.8) is 0 Å². The van der Waals surface area contributed by atoms with Crippen LogP contribution in [0.3, 0.4) is 0 Å². The van der Waals surface area contributed by atoms with Crippen LogP contribution in [0.5, 0.6) is 11.5 Å². The number of guanidine groups is 1. The molecular formula is C23H31ClN4O2. The van der Waals surface area contributed by atoms with Crippen LogP contribution in [0, 0.1) is 0 Å². The molecule has 0 amide bonds. The molecule has 0 aliphatic carbocycles. The first-order valence-corrected chi connectivity index (χ1v) is 10.8. The topological polar surface area (TPSA) is 58.1 Å². The first-order valence-electron chi connectivity index (χ1n) is 10.4. The zero-order valence-electron chi connectivity index (χ0n) is 18.0. The van der Waals surface area contributed by atoms with Crippen molar-refractivity contribution in [2.45, 2.75) is 32.4 Å². The van der Waals surface area contributed by atoms with Crippen LogP contribution in [0.25, 0.3) is 0 Å². The van der Waals surface area contributed by atoms with E-state index in [2.05, 4.69) is 34.6 Å². The second-order valence-corrected chi connectivity index (χ2v) is 7.73. The fraction of sp³-hybridized carbons (Fsp3) is 0.435. The molecule has 3 rings (SSSR count). The molecule has 0 aromatic heterocycles. The molecule has 0 atom stereocenters. The van der Waals surface area contributed by atoms with E-state index in [1.807, 2.05) is 30.3 Å². The Morgan fingerprint density at radius 2 is 1.70 bits per heavy atom. The molecule has 0 unspecified atom stereocenters. The Morgan fingerprint density at radius 3 is 2.27 bits per heavy atom. The highest BCUT2D eigenvalue weighted by Gasteiger charge is 2.21. The standard InChI is InChI=1S/C23H31ClN4O2/c1-4-25-23(26-16-17-5-7-18(24)8-6-17)27-19-9-11-28(12-10-19)20-13-21(29-2)15-22(14-20)30-3/h5-8,13-15,19H,4,9-12,16H2,1-3H3,(H2,25,26,27). The molecule has 1 aliphatic heterocycles. The molecule has 7 heteroatoms. The van der Waals surface area contributed by atoms with E-state index in [1.54, 1.807) is 14.2 Å². The third-order valence-corrected chi connectivity index (χ3v) is 5.47. The van der Waals surface area contributed by atoms with Gasteiger partial charge >= 0.3 is 0 Å². The summed E-state index contributed by atoms with van der Waals surface area (Å²) in [6.45, 7) is 5.46. The summed E-state index contributed by atoms with van der Waals surface area (Å²) >= 11 is 5.96. The molecule has 1 aliphatic rings. The van der Waals surface area contributed by atoms with Crippen LogP contribution >= 0.6 is 11.6 Å². The van der Waals surface area contributed by atoms with E-state index >= 15 is 0 Å². The minimum absolute atomic E-state index is 0.386. The Labute approximate surface area is 184 Å². The highest BCUT2D eigenvalue weighted by molar-refractivity contribution is 6.30. The van der Waals surface area contributed by atoms with Gasteiger partial charge in [-0.05, 0) is 37.5 Å². The second-order valence-electron chi connectivity index (χ2n) is 7.30. The van der Waals surface area contributed by atoms with Gasteiger partial charge in [-0.15, -0.1) is 0 Å². The van der Waals surface area contributed by atoms with Gasteiger partial charge < -0.3 is 25.0 Å². The number of piperidine rings is 1. The second kappa shape index (κ2) is 11.0. The average molecular weight is 431 g/mol. The molecule has 6 nitrogen and oxygen atoms in total. The van der Waals surface area contributed by atoms with Gasteiger partial charge in [0.2, 0.25) is 0 Å². The number of aliphatic imine (C=N–C) groups is 1. The van der Waals surface area contributed by atoms with E-state index in [-0.39, 0.29) is 0 Å². The predicted molar refractivity (Wildman–Crippen MR) is 124 cm³/mol. The summed E-state index contributed by atoms with van der Waals surface area (Å²) in [5, 5.41) is 7.69. The normalized spacial score (nSPS) is 15.1. The lowest BCUT2D eigenvalue weighted by Crippen LogP contribution is -2.48. The summed E-state index contributed by atoms with van der Waals surface area (Å²) in [5.41, 5.74) is 2.27.